The number of rotatable bonds is 16. The summed E-state index contributed by atoms with van der Waals surface area (Å²) in [7, 11) is 11.4. The number of hydrogen-bond donors (Lipinski definition) is 2. The first kappa shape index (κ1) is 35.6. The zero-order valence-electron chi connectivity index (χ0n) is 27.6. The third kappa shape index (κ3) is 10.1. The molecule has 1 fully saturated rings. The summed E-state index contributed by atoms with van der Waals surface area (Å²) >= 11 is 0. The van der Waals surface area contributed by atoms with E-state index in [9.17, 15) is 9.59 Å². The quantitative estimate of drug-likeness (QED) is 0.209. The lowest BCUT2D eigenvalue weighted by Crippen LogP contribution is -2.36. The summed E-state index contributed by atoms with van der Waals surface area (Å²) in [5.41, 5.74) is 1.67. The molecule has 2 atom stereocenters. The van der Waals surface area contributed by atoms with Crippen LogP contribution in [-0.2, 0) is 9.59 Å². The van der Waals surface area contributed by atoms with Gasteiger partial charge in [0.25, 0.3) is 0 Å². The monoisotopic (exact) mass is 635 g/mol. The van der Waals surface area contributed by atoms with Crippen molar-refractivity contribution < 1.29 is 38.0 Å². The van der Waals surface area contributed by atoms with E-state index in [0.29, 0.717) is 47.6 Å². The number of carbonyl (C=O) groups is 2. The van der Waals surface area contributed by atoms with Gasteiger partial charge in [-0.15, -0.1) is 0 Å². The van der Waals surface area contributed by atoms with Crippen LogP contribution in [0.1, 0.15) is 11.1 Å². The van der Waals surface area contributed by atoms with E-state index in [-0.39, 0.29) is 23.7 Å². The first-order chi connectivity index (χ1) is 22.3. The Balaban J connectivity index is 1.47. The molecular formula is C35H45N3O8. The van der Waals surface area contributed by atoms with Crippen LogP contribution in [0.15, 0.2) is 60.7 Å². The highest BCUT2D eigenvalue weighted by Gasteiger charge is 2.30. The average Bonchev–Trinajstić information content (AvgIpc) is 3.44. The standard InChI is InChI=1S/C35H45N3O8/c1-38-22-26(20-36-32(39)14-10-8-12-24-16-28(41-2)34(45-6)29(17-24)42-3)27(23-38)21-37-33(40)15-11-9-13-25-18-30(43-4)35(46-7)31(19-25)44-5/h8-19,26-27H,20-23H2,1-7H3,(H,36,39)(H,37,40)/t26-,27-/m1/s1. The lowest BCUT2D eigenvalue weighted by atomic mass is 9.96. The van der Waals surface area contributed by atoms with Gasteiger partial charge in [0, 0.05) is 38.3 Å². The van der Waals surface area contributed by atoms with Gasteiger partial charge in [-0.3, -0.25) is 9.59 Å². The maximum absolute atomic E-state index is 12.5. The van der Waals surface area contributed by atoms with Gasteiger partial charge in [0.15, 0.2) is 23.0 Å². The summed E-state index contributed by atoms with van der Waals surface area (Å²) in [6.07, 6.45) is 13.6. The lowest BCUT2D eigenvalue weighted by molar-refractivity contribution is -0.117. The minimum absolute atomic E-state index is 0.186. The topological polar surface area (TPSA) is 117 Å². The zero-order valence-corrected chi connectivity index (χ0v) is 27.6. The second-order valence-electron chi connectivity index (χ2n) is 10.6. The zero-order chi connectivity index (χ0) is 33.5. The first-order valence-electron chi connectivity index (χ1n) is 14.8. The van der Waals surface area contributed by atoms with Gasteiger partial charge in [0.2, 0.25) is 23.3 Å². The van der Waals surface area contributed by atoms with Crippen molar-refractivity contribution in [2.75, 3.05) is 75.9 Å². The number of nitrogens with one attached hydrogen (secondary N) is 2. The molecule has 46 heavy (non-hydrogen) atoms. The molecule has 11 heteroatoms. The predicted octanol–water partition coefficient (Wildman–Crippen LogP) is 3.99. The van der Waals surface area contributed by atoms with Gasteiger partial charge in [0.05, 0.1) is 42.7 Å². The van der Waals surface area contributed by atoms with Crippen molar-refractivity contribution in [3.63, 3.8) is 0 Å². The third-order valence-electron chi connectivity index (χ3n) is 7.50. The van der Waals surface area contributed by atoms with E-state index in [4.69, 9.17) is 28.4 Å². The van der Waals surface area contributed by atoms with Crippen molar-refractivity contribution in [1.29, 1.82) is 0 Å². The fraction of sp³-hybridized carbons (Fsp3) is 0.371. The summed E-state index contributed by atoms with van der Waals surface area (Å²) in [6.45, 7) is 2.69. The third-order valence-corrected chi connectivity index (χ3v) is 7.50. The van der Waals surface area contributed by atoms with Crippen LogP contribution in [-0.4, -0.2) is 92.6 Å². The number of ether oxygens (including phenoxy) is 6. The molecule has 0 unspecified atom stereocenters. The number of nitrogens with zero attached hydrogens (tertiary/aromatic N) is 1. The van der Waals surface area contributed by atoms with E-state index in [1.165, 1.54) is 12.2 Å². The molecular weight excluding hydrogens is 590 g/mol. The molecule has 2 aromatic rings. The second-order valence-corrected chi connectivity index (χ2v) is 10.6. The largest absolute Gasteiger partial charge is 0.493 e. The Morgan fingerprint density at radius 1 is 0.630 bits per heavy atom. The van der Waals surface area contributed by atoms with Crippen molar-refractivity contribution in [3.8, 4) is 34.5 Å². The number of benzene rings is 2. The molecule has 248 valence electrons. The van der Waals surface area contributed by atoms with E-state index >= 15 is 0 Å². The second kappa shape index (κ2) is 18.2. The Morgan fingerprint density at radius 2 is 0.978 bits per heavy atom. The molecule has 1 saturated heterocycles. The maximum Gasteiger partial charge on any atom is 0.243 e. The molecule has 0 spiro atoms. The van der Waals surface area contributed by atoms with E-state index in [0.717, 1.165) is 24.2 Å². The molecule has 2 amide bonds. The minimum atomic E-state index is -0.186. The van der Waals surface area contributed by atoms with Gasteiger partial charge in [-0.2, -0.15) is 0 Å². The normalized spacial score (nSPS) is 16.8. The summed E-state index contributed by atoms with van der Waals surface area (Å²) in [4.78, 5) is 27.2. The van der Waals surface area contributed by atoms with Crippen LogP contribution in [0.25, 0.3) is 12.2 Å². The van der Waals surface area contributed by atoms with Crippen LogP contribution in [0.4, 0.5) is 0 Å². The molecule has 0 saturated carbocycles. The van der Waals surface area contributed by atoms with E-state index < -0.39 is 0 Å². The highest BCUT2D eigenvalue weighted by molar-refractivity contribution is 5.88. The predicted molar refractivity (Wildman–Crippen MR) is 179 cm³/mol. The van der Waals surface area contributed by atoms with Crippen molar-refractivity contribution in [2.45, 2.75) is 0 Å². The number of allylic oxidation sites excluding steroid dienone is 4. The van der Waals surface area contributed by atoms with Gasteiger partial charge >= 0.3 is 0 Å². The molecule has 11 nitrogen and oxygen atoms in total. The molecule has 0 bridgehead atoms. The van der Waals surface area contributed by atoms with Crippen LogP contribution in [0.5, 0.6) is 34.5 Å². The maximum atomic E-state index is 12.5. The summed E-state index contributed by atoms with van der Waals surface area (Å²) in [5, 5.41) is 5.98. The average molecular weight is 636 g/mol. The number of methoxy groups -OCH3 is 6. The number of amides is 2. The molecule has 0 aromatic heterocycles. The highest BCUT2D eigenvalue weighted by Crippen LogP contribution is 2.39. The van der Waals surface area contributed by atoms with Gasteiger partial charge in [-0.1, -0.05) is 36.5 Å². The Kier molecular flexibility index (Phi) is 14.0. The Bertz CT molecular complexity index is 1290. The van der Waals surface area contributed by atoms with E-state index in [1.807, 2.05) is 43.5 Å². The van der Waals surface area contributed by atoms with E-state index in [2.05, 4.69) is 15.5 Å². The van der Waals surface area contributed by atoms with Gasteiger partial charge in [-0.25, -0.2) is 0 Å². The molecule has 2 aromatic carbocycles. The number of likely N-dealkylation sites (tertiary alicyclic amines) is 1. The van der Waals surface area contributed by atoms with Crippen LogP contribution in [0.3, 0.4) is 0 Å². The SMILES string of the molecule is COc1cc(C=CC=CC(=O)NC[C@@H]2CN(C)C[C@H]2CNC(=O)C=CC=Cc2cc(OC)c(OC)c(OC)c2)cc(OC)c1OC. The smallest absolute Gasteiger partial charge is 0.243 e. The first-order valence-corrected chi connectivity index (χ1v) is 14.8. The fourth-order valence-corrected chi connectivity index (χ4v) is 5.23. The summed E-state index contributed by atoms with van der Waals surface area (Å²) in [5.74, 6) is 3.29. The molecule has 1 heterocycles. The molecule has 0 aliphatic carbocycles. The van der Waals surface area contributed by atoms with Crippen molar-refractivity contribution in [3.05, 3.63) is 71.8 Å². The van der Waals surface area contributed by atoms with Crippen molar-refractivity contribution in [1.82, 2.24) is 15.5 Å². The van der Waals surface area contributed by atoms with Crippen molar-refractivity contribution >= 4 is 24.0 Å². The molecule has 1 aliphatic heterocycles. The van der Waals surface area contributed by atoms with Crippen LogP contribution >= 0.6 is 0 Å². The summed E-state index contributed by atoms with van der Waals surface area (Å²) < 4.78 is 32.2. The highest BCUT2D eigenvalue weighted by atomic mass is 16.5. The van der Waals surface area contributed by atoms with E-state index in [1.54, 1.807) is 67.0 Å². The molecule has 2 N–H and O–H groups in total. The molecule has 3 rings (SSSR count). The van der Waals surface area contributed by atoms with Crippen LogP contribution in [0.2, 0.25) is 0 Å². The van der Waals surface area contributed by atoms with Crippen molar-refractivity contribution in [2.24, 2.45) is 11.8 Å². The molecule has 1 aliphatic rings. The summed E-state index contributed by atoms with van der Waals surface area (Å²) in [6, 6.07) is 7.30. The van der Waals surface area contributed by atoms with Gasteiger partial charge in [0.1, 0.15) is 0 Å². The fourth-order valence-electron chi connectivity index (χ4n) is 5.23. The van der Waals surface area contributed by atoms with Crippen LogP contribution < -0.4 is 39.1 Å². The van der Waals surface area contributed by atoms with Crippen LogP contribution in [0, 0.1) is 11.8 Å². The number of hydrogen-bond acceptors (Lipinski definition) is 9. The minimum Gasteiger partial charge on any atom is -0.493 e. The van der Waals surface area contributed by atoms with Gasteiger partial charge < -0.3 is 44.0 Å². The lowest BCUT2D eigenvalue weighted by Gasteiger charge is -2.18. The Morgan fingerprint density at radius 3 is 1.28 bits per heavy atom. The van der Waals surface area contributed by atoms with Gasteiger partial charge in [-0.05, 0) is 54.3 Å². The number of carbonyl (C=O) groups excluding carboxylic acids is 2. The Labute approximate surface area is 271 Å². The molecule has 0 radical (unpaired) electrons. The Hall–Kier alpha value is -4.90.